The third-order valence-corrected chi connectivity index (χ3v) is 2.89. The predicted octanol–water partition coefficient (Wildman–Crippen LogP) is 2.51. The Kier molecular flexibility index (Phi) is 3.38. The van der Waals surface area contributed by atoms with E-state index in [4.69, 9.17) is 0 Å². The number of H-pyrrole nitrogens is 1. The highest BCUT2D eigenvalue weighted by atomic mass is 16.1. The van der Waals surface area contributed by atoms with Gasteiger partial charge in [0.25, 0.3) is 0 Å². The second kappa shape index (κ2) is 4.84. The molecule has 0 unspecified atom stereocenters. The van der Waals surface area contributed by atoms with Crippen molar-refractivity contribution >= 4 is 11.5 Å². The molecule has 0 saturated heterocycles. The molecule has 0 saturated carbocycles. The first kappa shape index (κ1) is 13.3. The zero-order valence-corrected chi connectivity index (χ0v) is 11.6. The summed E-state index contributed by atoms with van der Waals surface area (Å²) in [5.41, 5.74) is 2.46. The van der Waals surface area contributed by atoms with Crippen molar-refractivity contribution in [3.8, 4) is 0 Å². The molecule has 0 aliphatic rings. The molecule has 0 spiro atoms. The Hall–Kier alpha value is -2.17. The number of anilines is 2. The number of benzene rings is 1. The lowest BCUT2D eigenvalue weighted by Gasteiger charge is -2.19. The van der Waals surface area contributed by atoms with Crippen molar-refractivity contribution < 1.29 is 0 Å². The standard InChI is InChI=1S/C14H18N4O/c1-9-12(16-13(19)18-17-9)15-11-7-5-10(6-8-11)14(2,3)4/h5-8H,1-4H3,(H2,15,16,18,19). The average Bonchev–Trinajstić information content (AvgIpc) is 2.33. The van der Waals surface area contributed by atoms with Crippen LogP contribution in [0.1, 0.15) is 32.0 Å². The van der Waals surface area contributed by atoms with Crippen molar-refractivity contribution in [2.75, 3.05) is 5.32 Å². The Bertz CT molecular complexity index is 623. The summed E-state index contributed by atoms with van der Waals surface area (Å²) in [6.45, 7) is 8.29. The molecule has 19 heavy (non-hydrogen) atoms. The van der Waals surface area contributed by atoms with Crippen LogP contribution in [-0.2, 0) is 5.41 Å². The molecule has 5 heteroatoms. The monoisotopic (exact) mass is 258 g/mol. The zero-order valence-electron chi connectivity index (χ0n) is 11.6. The lowest BCUT2D eigenvalue weighted by Crippen LogP contribution is -2.15. The third kappa shape index (κ3) is 3.19. The van der Waals surface area contributed by atoms with Gasteiger partial charge in [0.15, 0.2) is 5.82 Å². The molecule has 100 valence electrons. The maximum atomic E-state index is 11.1. The van der Waals surface area contributed by atoms with Gasteiger partial charge in [-0.15, -0.1) is 0 Å². The van der Waals surface area contributed by atoms with Gasteiger partial charge in [0, 0.05) is 5.69 Å². The summed E-state index contributed by atoms with van der Waals surface area (Å²) < 4.78 is 0. The Morgan fingerprint density at radius 3 is 2.37 bits per heavy atom. The maximum Gasteiger partial charge on any atom is 0.363 e. The van der Waals surface area contributed by atoms with Crippen LogP contribution in [0.2, 0.25) is 0 Å². The highest BCUT2D eigenvalue weighted by Crippen LogP contribution is 2.24. The van der Waals surface area contributed by atoms with E-state index in [-0.39, 0.29) is 5.41 Å². The van der Waals surface area contributed by atoms with E-state index in [2.05, 4.69) is 53.4 Å². The Morgan fingerprint density at radius 2 is 1.79 bits per heavy atom. The molecule has 0 atom stereocenters. The van der Waals surface area contributed by atoms with Gasteiger partial charge in [-0.25, -0.2) is 9.89 Å². The summed E-state index contributed by atoms with van der Waals surface area (Å²) in [7, 11) is 0. The van der Waals surface area contributed by atoms with Crippen LogP contribution in [0.5, 0.6) is 0 Å². The van der Waals surface area contributed by atoms with Crippen molar-refractivity contribution in [2.24, 2.45) is 0 Å². The Morgan fingerprint density at radius 1 is 1.16 bits per heavy atom. The quantitative estimate of drug-likeness (QED) is 0.868. The van der Waals surface area contributed by atoms with Gasteiger partial charge in [-0.1, -0.05) is 32.9 Å². The van der Waals surface area contributed by atoms with E-state index in [1.54, 1.807) is 6.92 Å². The first-order valence-corrected chi connectivity index (χ1v) is 6.17. The smallest absolute Gasteiger partial charge is 0.338 e. The number of hydrogen-bond donors (Lipinski definition) is 2. The minimum atomic E-state index is -0.459. The first-order chi connectivity index (χ1) is 8.86. The lowest BCUT2D eigenvalue weighted by molar-refractivity contribution is 0.590. The van der Waals surface area contributed by atoms with Crippen LogP contribution in [0.15, 0.2) is 29.1 Å². The van der Waals surface area contributed by atoms with Crippen LogP contribution in [0.3, 0.4) is 0 Å². The zero-order chi connectivity index (χ0) is 14.0. The van der Waals surface area contributed by atoms with E-state index in [1.165, 1.54) is 5.56 Å². The van der Waals surface area contributed by atoms with Crippen molar-refractivity contribution in [1.82, 2.24) is 15.2 Å². The number of aromatic nitrogens is 3. The van der Waals surface area contributed by atoms with E-state index in [0.29, 0.717) is 11.5 Å². The Balaban J connectivity index is 2.25. The number of hydrogen-bond acceptors (Lipinski definition) is 4. The number of aryl methyl sites for hydroxylation is 1. The van der Waals surface area contributed by atoms with E-state index >= 15 is 0 Å². The first-order valence-electron chi connectivity index (χ1n) is 6.17. The van der Waals surface area contributed by atoms with Gasteiger partial charge in [-0.2, -0.15) is 10.1 Å². The maximum absolute atomic E-state index is 11.1. The predicted molar refractivity (Wildman–Crippen MR) is 75.8 cm³/mol. The van der Waals surface area contributed by atoms with Crippen LogP contribution in [0.4, 0.5) is 11.5 Å². The van der Waals surface area contributed by atoms with E-state index < -0.39 is 5.69 Å². The molecule has 1 aromatic carbocycles. The molecular weight excluding hydrogens is 240 g/mol. The van der Waals surface area contributed by atoms with Gasteiger partial charge in [0.2, 0.25) is 0 Å². The minimum absolute atomic E-state index is 0.123. The van der Waals surface area contributed by atoms with Gasteiger partial charge >= 0.3 is 5.69 Å². The topological polar surface area (TPSA) is 70.7 Å². The minimum Gasteiger partial charge on any atom is -0.338 e. The second-order valence-electron chi connectivity index (χ2n) is 5.53. The van der Waals surface area contributed by atoms with Crippen LogP contribution >= 0.6 is 0 Å². The molecule has 2 rings (SSSR count). The molecule has 5 nitrogen and oxygen atoms in total. The largest absolute Gasteiger partial charge is 0.363 e. The summed E-state index contributed by atoms with van der Waals surface area (Å²) in [5.74, 6) is 0.479. The fourth-order valence-electron chi connectivity index (χ4n) is 1.70. The van der Waals surface area contributed by atoms with Crippen molar-refractivity contribution in [3.05, 3.63) is 46.0 Å². The van der Waals surface area contributed by atoms with Gasteiger partial charge in [-0.05, 0) is 30.0 Å². The van der Waals surface area contributed by atoms with E-state index in [0.717, 1.165) is 5.69 Å². The number of nitrogens with zero attached hydrogens (tertiary/aromatic N) is 2. The summed E-state index contributed by atoms with van der Waals surface area (Å²) in [6.07, 6.45) is 0. The SMILES string of the molecule is Cc1n[nH]c(=O)nc1Nc1ccc(C(C)(C)C)cc1. The molecule has 0 fully saturated rings. The summed E-state index contributed by atoms with van der Waals surface area (Å²) in [4.78, 5) is 15.0. The van der Waals surface area contributed by atoms with E-state index in [9.17, 15) is 4.79 Å². The van der Waals surface area contributed by atoms with Crippen LogP contribution in [0.25, 0.3) is 0 Å². The fraction of sp³-hybridized carbons (Fsp3) is 0.357. The number of rotatable bonds is 2. The average molecular weight is 258 g/mol. The van der Waals surface area contributed by atoms with Crippen LogP contribution in [-0.4, -0.2) is 15.2 Å². The van der Waals surface area contributed by atoms with Crippen molar-refractivity contribution in [2.45, 2.75) is 33.1 Å². The van der Waals surface area contributed by atoms with Crippen molar-refractivity contribution in [1.29, 1.82) is 0 Å². The van der Waals surface area contributed by atoms with Gasteiger partial charge < -0.3 is 5.32 Å². The fourth-order valence-corrected chi connectivity index (χ4v) is 1.70. The molecular formula is C14H18N4O. The molecule has 0 bridgehead atoms. The molecule has 0 radical (unpaired) electrons. The molecule has 2 N–H and O–H groups in total. The van der Waals surface area contributed by atoms with Crippen molar-refractivity contribution in [3.63, 3.8) is 0 Å². The second-order valence-corrected chi connectivity index (χ2v) is 5.53. The third-order valence-electron chi connectivity index (χ3n) is 2.89. The van der Waals surface area contributed by atoms with Crippen LogP contribution < -0.4 is 11.0 Å². The van der Waals surface area contributed by atoms with Crippen LogP contribution in [0, 0.1) is 6.92 Å². The molecule has 0 aliphatic carbocycles. The molecule has 2 aromatic rings. The number of nitrogens with one attached hydrogen (secondary N) is 2. The van der Waals surface area contributed by atoms with Gasteiger partial charge in [0.05, 0.1) is 0 Å². The highest BCUT2D eigenvalue weighted by molar-refractivity contribution is 5.57. The van der Waals surface area contributed by atoms with Gasteiger partial charge in [0.1, 0.15) is 5.69 Å². The molecule has 0 amide bonds. The van der Waals surface area contributed by atoms with Gasteiger partial charge in [-0.3, -0.25) is 0 Å². The van der Waals surface area contributed by atoms with E-state index in [1.807, 2.05) is 12.1 Å². The number of aromatic amines is 1. The summed E-state index contributed by atoms with van der Waals surface area (Å²) in [5, 5.41) is 9.27. The summed E-state index contributed by atoms with van der Waals surface area (Å²) in [6, 6.07) is 8.09. The molecule has 1 aromatic heterocycles. The molecule has 1 heterocycles. The Labute approximate surface area is 112 Å². The normalized spacial score (nSPS) is 11.4. The molecule has 0 aliphatic heterocycles. The summed E-state index contributed by atoms with van der Waals surface area (Å²) >= 11 is 0. The lowest BCUT2D eigenvalue weighted by atomic mass is 9.87. The highest BCUT2D eigenvalue weighted by Gasteiger charge is 2.13.